The molecule has 0 aromatic carbocycles. The summed E-state index contributed by atoms with van der Waals surface area (Å²) < 4.78 is 5.78. The summed E-state index contributed by atoms with van der Waals surface area (Å²) in [6.07, 6.45) is 6.16. The first kappa shape index (κ1) is 13.0. The number of rotatable bonds is 5. The van der Waals surface area contributed by atoms with E-state index >= 15 is 0 Å². The highest BCUT2D eigenvalue weighted by Crippen LogP contribution is 2.23. The minimum Gasteiger partial charge on any atom is -0.378 e. The van der Waals surface area contributed by atoms with Gasteiger partial charge in [-0.1, -0.05) is 6.92 Å². The van der Waals surface area contributed by atoms with Crippen LogP contribution in [0.25, 0.3) is 0 Å². The van der Waals surface area contributed by atoms with E-state index in [0.29, 0.717) is 6.10 Å². The summed E-state index contributed by atoms with van der Waals surface area (Å²) in [6.45, 7) is 4.04. The Bertz CT molecular complexity index is 345. The molecule has 0 amide bonds. The highest BCUT2D eigenvalue weighted by molar-refractivity contribution is 7.11. The van der Waals surface area contributed by atoms with Gasteiger partial charge < -0.3 is 10.1 Å². The summed E-state index contributed by atoms with van der Waals surface area (Å²) in [5, 5.41) is 4.46. The van der Waals surface area contributed by atoms with Crippen molar-refractivity contribution in [3.63, 3.8) is 0 Å². The van der Waals surface area contributed by atoms with Crippen molar-refractivity contribution in [2.45, 2.75) is 51.7 Å². The van der Waals surface area contributed by atoms with Crippen molar-refractivity contribution in [2.75, 3.05) is 13.7 Å². The fraction of sp³-hybridized carbons (Fsp3) is 0.769. The largest absolute Gasteiger partial charge is 0.378 e. The summed E-state index contributed by atoms with van der Waals surface area (Å²) in [5.74, 6) is 0. The Morgan fingerprint density at radius 1 is 1.47 bits per heavy atom. The van der Waals surface area contributed by atoms with Crippen LogP contribution in [0.2, 0.25) is 0 Å². The molecule has 0 bridgehead atoms. The summed E-state index contributed by atoms with van der Waals surface area (Å²) in [6, 6.07) is 0. The van der Waals surface area contributed by atoms with Crippen molar-refractivity contribution >= 4 is 11.3 Å². The molecule has 1 aromatic rings. The van der Waals surface area contributed by atoms with Crippen LogP contribution in [0.15, 0.2) is 0 Å². The van der Waals surface area contributed by atoms with Crippen LogP contribution in [0, 0.1) is 0 Å². The summed E-state index contributed by atoms with van der Waals surface area (Å²) in [4.78, 5) is 6.13. The smallest absolute Gasteiger partial charge is 0.0957 e. The lowest BCUT2D eigenvalue weighted by Crippen LogP contribution is -2.21. The molecule has 0 saturated carbocycles. The van der Waals surface area contributed by atoms with Gasteiger partial charge >= 0.3 is 0 Å². The van der Waals surface area contributed by atoms with Crippen LogP contribution >= 0.6 is 11.3 Å². The third-order valence-electron chi connectivity index (χ3n) is 3.17. The summed E-state index contributed by atoms with van der Waals surface area (Å²) in [7, 11) is 1.99. The SMILES string of the molecule is CCc1nc(CC2CCCCO2)sc1CNC. The van der Waals surface area contributed by atoms with Crippen molar-refractivity contribution in [1.29, 1.82) is 0 Å². The van der Waals surface area contributed by atoms with Crippen LogP contribution in [-0.2, 0) is 24.1 Å². The van der Waals surface area contributed by atoms with Crippen LogP contribution in [0.5, 0.6) is 0 Å². The van der Waals surface area contributed by atoms with Crippen LogP contribution in [0.1, 0.15) is 41.8 Å². The second kappa shape index (κ2) is 6.47. The highest BCUT2D eigenvalue weighted by atomic mass is 32.1. The second-order valence-electron chi connectivity index (χ2n) is 4.55. The van der Waals surface area contributed by atoms with Gasteiger partial charge in [-0.05, 0) is 32.7 Å². The number of aromatic nitrogens is 1. The van der Waals surface area contributed by atoms with E-state index < -0.39 is 0 Å². The fourth-order valence-electron chi connectivity index (χ4n) is 2.26. The third-order valence-corrected chi connectivity index (χ3v) is 4.29. The standard InChI is InChI=1S/C13H22N2OS/c1-3-11-12(9-14-2)17-13(15-11)8-10-6-4-5-7-16-10/h10,14H,3-9H2,1-2H3. The fourth-order valence-corrected chi connectivity index (χ4v) is 3.50. The van der Waals surface area contributed by atoms with Crippen LogP contribution in [-0.4, -0.2) is 24.7 Å². The lowest BCUT2D eigenvalue weighted by Gasteiger charge is -2.21. The van der Waals surface area contributed by atoms with E-state index in [-0.39, 0.29) is 0 Å². The highest BCUT2D eigenvalue weighted by Gasteiger charge is 2.17. The molecule has 1 fully saturated rings. The lowest BCUT2D eigenvalue weighted by molar-refractivity contribution is 0.0167. The molecular weight excluding hydrogens is 232 g/mol. The normalized spacial score (nSPS) is 20.7. The number of thiazole rings is 1. The number of aryl methyl sites for hydroxylation is 1. The van der Waals surface area contributed by atoms with Gasteiger partial charge in [0, 0.05) is 24.4 Å². The Kier molecular flexibility index (Phi) is 4.95. The summed E-state index contributed by atoms with van der Waals surface area (Å²) >= 11 is 1.85. The van der Waals surface area contributed by atoms with Crippen LogP contribution < -0.4 is 5.32 Å². The van der Waals surface area contributed by atoms with Gasteiger partial charge in [-0.3, -0.25) is 0 Å². The molecule has 1 aromatic heterocycles. The van der Waals surface area contributed by atoms with Crippen molar-refractivity contribution in [1.82, 2.24) is 10.3 Å². The first-order valence-electron chi connectivity index (χ1n) is 6.57. The Morgan fingerprint density at radius 2 is 2.35 bits per heavy atom. The Morgan fingerprint density at radius 3 is 3.00 bits per heavy atom. The van der Waals surface area contributed by atoms with Crippen molar-refractivity contribution in [3.8, 4) is 0 Å². The van der Waals surface area contributed by atoms with E-state index in [2.05, 4.69) is 12.2 Å². The first-order chi connectivity index (χ1) is 8.33. The number of ether oxygens (including phenoxy) is 1. The molecule has 1 N–H and O–H groups in total. The maximum absolute atomic E-state index is 5.78. The van der Waals surface area contributed by atoms with Gasteiger partial charge in [-0.2, -0.15) is 0 Å². The Balaban J connectivity index is 1.99. The molecule has 1 atom stereocenters. The number of hydrogen-bond acceptors (Lipinski definition) is 4. The first-order valence-corrected chi connectivity index (χ1v) is 7.38. The summed E-state index contributed by atoms with van der Waals surface area (Å²) in [5.41, 5.74) is 1.26. The molecule has 1 aliphatic rings. The average Bonchev–Trinajstić information content (AvgIpc) is 2.73. The number of nitrogens with one attached hydrogen (secondary N) is 1. The zero-order valence-corrected chi connectivity index (χ0v) is 11.6. The van der Waals surface area contributed by atoms with Crippen LogP contribution in [0.4, 0.5) is 0 Å². The van der Waals surface area contributed by atoms with Gasteiger partial charge in [0.25, 0.3) is 0 Å². The van der Waals surface area contributed by atoms with E-state index in [0.717, 1.165) is 26.0 Å². The van der Waals surface area contributed by atoms with Gasteiger partial charge in [-0.25, -0.2) is 4.98 Å². The van der Waals surface area contributed by atoms with E-state index in [4.69, 9.17) is 9.72 Å². The molecule has 17 heavy (non-hydrogen) atoms. The molecule has 0 aliphatic carbocycles. The van der Waals surface area contributed by atoms with Gasteiger partial charge in [-0.15, -0.1) is 11.3 Å². The lowest BCUT2D eigenvalue weighted by atomic mass is 10.1. The van der Waals surface area contributed by atoms with Gasteiger partial charge in [0.05, 0.1) is 16.8 Å². The predicted molar refractivity (Wildman–Crippen MR) is 71.6 cm³/mol. The molecule has 0 spiro atoms. The van der Waals surface area contributed by atoms with Gasteiger partial charge in [0.15, 0.2) is 0 Å². The van der Waals surface area contributed by atoms with E-state index in [1.807, 2.05) is 18.4 Å². The maximum Gasteiger partial charge on any atom is 0.0957 e. The van der Waals surface area contributed by atoms with Gasteiger partial charge in [0.1, 0.15) is 0 Å². The molecular formula is C13H22N2OS. The minimum atomic E-state index is 0.405. The molecule has 0 radical (unpaired) electrons. The predicted octanol–water partition coefficient (Wildman–Crippen LogP) is 2.54. The van der Waals surface area contributed by atoms with Crippen molar-refractivity contribution < 1.29 is 4.74 Å². The number of hydrogen-bond donors (Lipinski definition) is 1. The Labute approximate surface area is 108 Å². The zero-order chi connectivity index (χ0) is 12.1. The Hall–Kier alpha value is -0.450. The van der Waals surface area contributed by atoms with E-state index in [1.165, 1.54) is 34.8 Å². The molecule has 3 nitrogen and oxygen atoms in total. The molecule has 2 heterocycles. The maximum atomic E-state index is 5.78. The third kappa shape index (κ3) is 3.50. The molecule has 4 heteroatoms. The monoisotopic (exact) mass is 254 g/mol. The van der Waals surface area contributed by atoms with Crippen molar-refractivity contribution in [2.24, 2.45) is 0 Å². The zero-order valence-electron chi connectivity index (χ0n) is 10.8. The van der Waals surface area contributed by atoms with Crippen LogP contribution in [0.3, 0.4) is 0 Å². The molecule has 1 unspecified atom stereocenters. The second-order valence-corrected chi connectivity index (χ2v) is 5.72. The topological polar surface area (TPSA) is 34.1 Å². The molecule has 1 saturated heterocycles. The van der Waals surface area contributed by atoms with E-state index in [9.17, 15) is 0 Å². The molecule has 1 aliphatic heterocycles. The molecule has 96 valence electrons. The average molecular weight is 254 g/mol. The van der Waals surface area contributed by atoms with Gasteiger partial charge in [0.2, 0.25) is 0 Å². The molecule has 2 rings (SSSR count). The minimum absolute atomic E-state index is 0.405. The number of nitrogens with zero attached hydrogens (tertiary/aromatic N) is 1. The quantitative estimate of drug-likeness (QED) is 0.877. The van der Waals surface area contributed by atoms with E-state index in [1.54, 1.807) is 0 Å². The van der Waals surface area contributed by atoms with Crippen molar-refractivity contribution in [3.05, 3.63) is 15.6 Å².